The predicted octanol–water partition coefficient (Wildman–Crippen LogP) is 1.97. The highest BCUT2D eigenvalue weighted by Gasteiger charge is 2.28. The number of aromatic nitrogens is 2. The standard InChI is InChI=1S/C13H19N3O/c1-9-7-16(8-10(2)17-9)12-5-6-14-13(15-12)11-3-4-11/h5-6,9-11H,3-4,7-8H2,1-2H3. The Morgan fingerprint density at radius 3 is 2.59 bits per heavy atom. The Bertz CT molecular complexity index is 395. The van der Waals surface area contributed by atoms with Gasteiger partial charge in [0, 0.05) is 25.2 Å². The Hall–Kier alpha value is -1.16. The van der Waals surface area contributed by atoms with Crippen molar-refractivity contribution in [3.05, 3.63) is 18.1 Å². The molecule has 1 aliphatic heterocycles. The van der Waals surface area contributed by atoms with Gasteiger partial charge in [0.1, 0.15) is 11.6 Å². The van der Waals surface area contributed by atoms with E-state index in [1.807, 2.05) is 12.3 Å². The number of nitrogens with zero attached hydrogens (tertiary/aromatic N) is 3. The summed E-state index contributed by atoms with van der Waals surface area (Å²) in [4.78, 5) is 11.4. The third kappa shape index (κ3) is 2.41. The lowest BCUT2D eigenvalue weighted by Gasteiger charge is -2.36. The van der Waals surface area contributed by atoms with Gasteiger partial charge in [0.2, 0.25) is 0 Å². The van der Waals surface area contributed by atoms with Gasteiger partial charge >= 0.3 is 0 Å². The van der Waals surface area contributed by atoms with Crippen LogP contribution in [0.4, 0.5) is 5.82 Å². The largest absolute Gasteiger partial charge is 0.372 e. The Balaban J connectivity index is 1.80. The van der Waals surface area contributed by atoms with E-state index in [9.17, 15) is 0 Å². The smallest absolute Gasteiger partial charge is 0.133 e. The third-order valence-corrected chi connectivity index (χ3v) is 3.35. The van der Waals surface area contributed by atoms with Gasteiger partial charge < -0.3 is 9.64 Å². The first-order valence-electron chi connectivity index (χ1n) is 6.45. The van der Waals surface area contributed by atoms with E-state index in [0.717, 1.165) is 24.7 Å². The van der Waals surface area contributed by atoms with E-state index in [4.69, 9.17) is 4.74 Å². The molecule has 4 nitrogen and oxygen atoms in total. The second-order valence-electron chi connectivity index (χ2n) is 5.21. The van der Waals surface area contributed by atoms with Crippen LogP contribution in [0.1, 0.15) is 38.4 Å². The predicted molar refractivity (Wildman–Crippen MR) is 66.2 cm³/mol. The maximum Gasteiger partial charge on any atom is 0.133 e. The summed E-state index contributed by atoms with van der Waals surface area (Å²) in [5.41, 5.74) is 0. The van der Waals surface area contributed by atoms with Crippen molar-refractivity contribution in [2.24, 2.45) is 0 Å². The lowest BCUT2D eigenvalue weighted by molar-refractivity contribution is -0.00547. The van der Waals surface area contributed by atoms with Crippen LogP contribution < -0.4 is 4.90 Å². The molecular formula is C13H19N3O. The van der Waals surface area contributed by atoms with Crippen LogP contribution in [0.25, 0.3) is 0 Å². The van der Waals surface area contributed by atoms with Crippen LogP contribution in [0.3, 0.4) is 0 Å². The second kappa shape index (κ2) is 4.26. The Morgan fingerprint density at radius 2 is 1.94 bits per heavy atom. The second-order valence-corrected chi connectivity index (χ2v) is 5.21. The summed E-state index contributed by atoms with van der Waals surface area (Å²) in [6.45, 7) is 6.08. The number of morpholine rings is 1. The topological polar surface area (TPSA) is 38.2 Å². The van der Waals surface area contributed by atoms with Crippen molar-refractivity contribution in [2.75, 3.05) is 18.0 Å². The molecule has 1 saturated heterocycles. The van der Waals surface area contributed by atoms with Crippen molar-refractivity contribution in [3.63, 3.8) is 0 Å². The fourth-order valence-corrected chi connectivity index (χ4v) is 2.44. The lowest BCUT2D eigenvalue weighted by atomic mass is 10.2. The average Bonchev–Trinajstić information content (AvgIpc) is 3.12. The molecule has 0 aromatic carbocycles. The van der Waals surface area contributed by atoms with Crippen molar-refractivity contribution in [3.8, 4) is 0 Å². The number of anilines is 1. The minimum Gasteiger partial charge on any atom is -0.372 e. The zero-order valence-corrected chi connectivity index (χ0v) is 10.5. The summed E-state index contributed by atoms with van der Waals surface area (Å²) < 4.78 is 5.74. The highest BCUT2D eigenvalue weighted by Crippen LogP contribution is 2.38. The molecule has 0 N–H and O–H groups in total. The van der Waals surface area contributed by atoms with Gasteiger partial charge in [-0.2, -0.15) is 0 Å². The fourth-order valence-electron chi connectivity index (χ4n) is 2.44. The average molecular weight is 233 g/mol. The summed E-state index contributed by atoms with van der Waals surface area (Å²) in [5.74, 6) is 2.70. The minimum absolute atomic E-state index is 0.276. The maximum absolute atomic E-state index is 5.74. The first kappa shape index (κ1) is 11.0. The van der Waals surface area contributed by atoms with E-state index in [1.165, 1.54) is 12.8 Å². The first-order valence-corrected chi connectivity index (χ1v) is 6.45. The van der Waals surface area contributed by atoms with Crippen molar-refractivity contribution in [1.82, 2.24) is 9.97 Å². The van der Waals surface area contributed by atoms with Gasteiger partial charge in [0.15, 0.2) is 0 Å². The molecule has 2 aliphatic rings. The molecule has 92 valence electrons. The van der Waals surface area contributed by atoms with Gasteiger partial charge in [0.05, 0.1) is 12.2 Å². The zero-order valence-electron chi connectivity index (χ0n) is 10.5. The molecule has 2 fully saturated rings. The number of ether oxygens (including phenoxy) is 1. The molecule has 1 aliphatic carbocycles. The molecule has 0 bridgehead atoms. The number of rotatable bonds is 2. The normalized spacial score (nSPS) is 29.4. The van der Waals surface area contributed by atoms with Crippen LogP contribution in [0.15, 0.2) is 12.3 Å². The molecular weight excluding hydrogens is 214 g/mol. The van der Waals surface area contributed by atoms with E-state index in [-0.39, 0.29) is 12.2 Å². The first-order chi connectivity index (χ1) is 8.22. The number of hydrogen-bond acceptors (Lipinski definition) is 4. The van der Waals surface area contributed by atoms with Crippen molar-refractivity contribution in [2.45, 2.75) is 44.8 Å². The molecule has 2 atom stereocenters. The highest BCUT2D eigenvalue weighted by atomic mass is 16.5. The van der Waals surface area contributed by atoms with E-state index in [2.05, 4.69) is 28.7 Å². The molecule has 1 aromatic rings. The molecule has 2 heterocycles. The molecule has 1 aromatic heterocycles. The summed E-state index contributed by atoms with van der Waals surface area (Å²) in [6, 6.07) is 2.01. The van der Waals surface area contributed by atoms with E-state index in [1.54, 1.807) is 0 Å². The monoisotopic (exact) mass is 233 g/mol. The zero-order chi connectivity index (χ0) is 11.8. The summed E-state index contributed by atoms with van der Waals surface area (Å²) in [6.07, 6.45) is 4.94. The molecule has 4 heteroatoms. The third-order valence-electron chi connectivity index (χ3n) is 3.35. The Labute approximate surface area is 102 Å². The van der Waals surface area contributed by atoms with Crippen LogP contribution in [-0.4, -0.2) is 35.3 Å². The molecule has 3 rings (SSSR count). The van der Waals surface area contributed by atoms with Crippen LogP contribution in [0, 0.1) is 0 Å². The highest BCUT2D eigenvalue weighted by molar-refractivity contribution is 5.39. The van der Waals surface area contributed by atoms with Crippen molar-refractivity contribution >= 4 is 5.82 Å². The molecule has 1 saturated carbocycles. The SMILES string of the molecule is CC1CN(c2ccnc(C3CC3)n2)CC(C)O1. The van der Waals surface area contributed by atoms with E-state index < -0.39 is 0 Å². The fraction of sp³-hybridized carbons (Fsp3) is 0.692. The van der Waals surface area contributed by atoms with Gasteiger partial charge in [-0.25, -0.2) is 9.97 Å². The minimum atomic E-state index is 0.276. The summed E-state index contributed by atoms with van der Waals surface area (Å²) in [7, 11) is 0. The van der Waals surface area contributed by atoms with E-state index in [0.29, 0.717) is 5.92 Å². The van der Waals surface area contributed by atoms with Crippen LogP contribution in [-0.2, 0) is 4.74 Å². The van der Waals surface area contributed by atoms with Crippen LogP contribution in [0.5, 0.6) is 0 Å². The van der Waals surface area contributed by atoms with Gasteiger partial charge in [-0.1, -0.05) is 0 Å². The van der Waals surface area contributed by atoms with Gasteiger partial charge in [0.25, 0.3) is 0 Å². The summed E-state index contributed by atoms with van der Waals surface area (Å²) in [5, 5.41) is 0. The summed E-state index contributed by atoms with van der Waals surface area (Å²) >= 11 is 0. The van der Waals surface area contributed by atoms with Gasteiger partial charge in [-0.05, 0) is 32.8 Å². The molecule has 17 heavy (non-hydrogen) atoms. The van der Waals surface area contributed by atoms with E-state index >= 15 is 0 Å². The molecule has 0 amide bonds. The van der Waals surface area contributed by atoms with Gasteiger partial charge in [-0.3, -0.25) is 0 Å². The van der Waals surface area contributed by atoms with Gasteiger partial charge in [-0.15, -0.1) is 0 Å². The molecule has 2 unspecified atom stereocenters. The molecule has 0 spiro atoms. The Kier molecular flexibility index (Phi) is 2.74. The molecule has 0 radical (unpaired) electrons. The lowest BCUT2D eigenvalue weighted by Crippen LogP contribution is -2.45. The van der Waals surface area contributed by atoms with Crippen molar-refractivity contribution in [1.29, 1.82) is 0 Å². The maximum atomic E-state index is 5.74. The van der Waals surface area contributed by atoms with Crippen molar-refractivity contribution < 1.29 is 4.74 Å². The number of hydrogen-bond donors (Lipinski definition) is 0. The van der Waals surface area contributed by atoms with Crippen LogP contribution >= 0.6 is 0 Å². The Morgan fingerprint density at radius 1 is 1.24 bits per heavy atom. The quantitative estimate of drug-likeness (QED) is 0.782. The van der Waals surface area contributed by atoms with Crippen LogP contribution in [0.2, 0.25) is 0 Å².